The zero-order valence-corrected chi connectivity index (χ0v) is 14.3. The van der Waals surface area contributed by atoms with Crippen molar-refractivity contribution in [2.45, 2.75) is 38.1 Å². The molecule has 23 heavy (non-hydrogen) atoms. The van der Waals surface area contributed by atoms with E-state index in [4.69, 9.17) is 0 Å². The van der Waals surface area contributed by atoms with Gasteiger partial charge in [0.2, 0.25) is 10.0 Å². The van der Waals surface area contributed by atoms with Gasteiger partial charge in [-0.25, -0.2) is 8.42 Å². The summed E-state index contributed by atoms with van der Waals surface area (Å²) in [6.45, 7) is 5.47. The Labute approximate surface area is 137 Å². The smallest absolute Gasteiger partial charge is 0.207 e. The summed E-state index contributed by atoms with van der Waals surface area (Å²) in [6, 6.07) is 14.3. The molecule has 5 heteroatoms. The van der Waals surface area contributed by atoms with Crippen molar-refractivity contribution >= 4 is 10.0 Å². The van der Waals surface area contributed by atoms with E-state index in [2.05, 4.69) is 4.72 Å². The monoisotopic (exact) mass is 328 g/mol. The largest absolute Gasteiger partial charge is 0.242 e. The molecule has 0 bridgehead atoms. The predicted octanol–water partition coefficient (Wildman–Crippen LogP) is 3.03. The van der Waals surface area contributed by atoms with Crippen LogP contribution in [0.5, 0.6) is 0 Å². The summed E-state index contributed by atoms with van der Waals surface area (Å²) in [7, 11) is -3.74. The van der Waals surface area contributed by atoms with Gasteiger partial charge in [-0.2, -0.15) is 9.98 Å². The van der Waals surface area contributed by atoms with Gasteiger partial charge in [0.1, 0.15) is 6.04 Å². The van der Waals surface area contributed by atoms with Gasteiger partial charge in [0.15, 0.2) is 0 Å². The van der Waals surface area contributed by atoms with E-state index in [-0.39, 0.29) is 4.90 Å². The highest BCUT2D eigenvalue weighted by molar-refractivity contribution is 7.89. The van der Waals surface area contributed by atoms with Crippen LogP contribution in [-0.2, 0) is 16.4 Å². The van der Waals surface area contributed by atoms with E-state index >= 15 is 0 Å². The topological polar surface area (TPSA) is 70.0 Å². The molecule has 1 atom stereocenters. The number of aryl methyl sites for hydroxylation is 3. The number of benzene rings is 2. The number of sulfonamides is 1. The first-order valence-electron chi connectivity index (χ1n) is 7.37. The quantitative estimate of drug-likeness (QED) is 0.917. The van der Waals surface area contributed by atoms with Gasteiger partial charge in [-0.1, -0.05) is 48.0 Å². The molecule has 2 aromatic carbocycles. The van der Waals surface area contributed by atoms with E-state index in [1.807, 2.05) is 55.5 Å². The van der Waals surface area contributed by atoms with Gasteiger partial charge in [-0.3, -0.25) is 0 Å². The van der Waals surface area contributed by atoms with Gasteiger partial charge in [0.05, 0.1) is 11.0 Å². The molecule has 0 aliphatic rings. The molecule has 0 spiro atoms. The van der Waals surface area contributed by atoms with Gasteiger partial charge in [-0.05, 0) is 37.5 Å². The van der Waals surface area contributed by atoms with Crippen LogP contribution in [0.4, 0.5) is 0 Å². The number of rotatable bonds is 5. The second kappa shape index (κ2) is 6.95. The Morgan fingerprint density at radius 2 is 1.65 bits per heavy atom. The number of nitriles is 1. The normalized spacial score (nSPS) is 12.6. The summed E-state index contributed by atoms with van der Waals surface area (Å²) >= 11 is 0. The van der Waals surface area contributed by atoms with Crippen LogP contribution in [-0.4, -0.2) is 14.5 Å². The second-order valence-electron chi connectivity index (χ2n) is 5.72. The Balaban J connectivity index is 2.28. The maximum Gasteiger partial charge on any atom is 0.242 e. The molecule has 1 N–H and O–H groups in total. The lowest BCUT2D eigenvalue weighted by atomic mass is 10.1. The molecule has 2 rings (SSSR count). The van der Waals surface area contributed by atoms with Crippen LogP contribution < -0.4 is 4.72 Å². The summed E-state index contributed by atoms with van der Waals surface area (Å²) < 4.78 is 27.9. The molecule has 0 saturated carbocycles. The standard InChI is InChI=1S/C18H20N2O2S/c1-13-9-14(2)18(15(3)10-13)23(21,22)20-17(12-19)11-16-7-5-4-6-8-16/h4-10,17,20H,11H2,1-3H3. The molecule has 0 aliphatic carbocycles. The van der Waals surface area contributed by atoms with Crippen molar-refractivity contribution in [1.29, 1.82) is 5.26 Å². The van der Waals surface area contributed by atoms with E-state index in [9.17, 15) is 13.7 Å². The van der Waals surface area contributed by atoms with Crippen molar-refractivity contribution in [3.8, 4) is 6.07 Å². The third kappa shape index (κ3) is 4.19. The van der Waals surface area contributed by atoms with Gasteiger partial charge in [0, 0.05) is 6.42 Å². The minimum Gasteiger partial charge on any atom is -0.207 e. The van der Waals surface area contributed by atoms with Crippen LogP contribution in [0.25, 0.3) is 0 Å². The van der Waals surface area contributed by atoms with Crippen molar-refractivity contribution in [2.75, 3.05) is 0 Å². The SMILES string of the molecule is Cc1cc(C)c(S(=O)(=O)NC(C#N)Cc2ccccc2)c(C)c1. The Morgan fingerprint density at radius 1 is 1.09 bits per heavy atom. The molecule has 120 valence electrons. The molecule has 0 amide bonds. The number of nitrogens with one attached hydrogen (secondary N) is 1. The summed E-state index contributed by atoms with van der Waals surface area (Å²) in [4.78, 5) is 0.261. The third-order valence-electron chi connectivity index (χ3n) is 3.61. The number of nitrogens with zero attached hydrogens (tertiary/aromatic N) is 1. The van der Waals surface area contributed by atoms with Gasteiger partial charge >= 0.3 is 0 Å². The highest BCUT2D eigenvalue weighted by Gasteiger charge is 2.23. The van der Waals surface area contributed by atoms with Gasteiger partial charge in [0.25, 0.3) is 0 Å². The van der Waals surface area contributed by atoms with Crippen LogP contribution in [0.2, 0.25) is 0 Å². The highest BCUT2D eigenvalue weighted by Crippen LogP contribution is 2.22. The number of hydrogen-bond donors (Lipinski definition) is 1. The molecule has 0 aromatic heterocycles. The fourth-order valence-corrected chi connectivity index (χ4v) is 4.39. The zero-order chi connectivity index (χ0) is 17.0. The molecule has 0 aliphatic heterocycles. The van der Waals surface area contributed by atoms with Gasteiger partial charge < -0.3 is 0 Å². The van der Waals surface area contributed by atoms with E-state index in [1.54, 1.807) is 13.8 Å². The van der Waals surface area contributed by atoms with Crippen LogP contribution in [0.15, 0.2) is 47.4 Å². The average Bonchev–Trinajstić information content (AvgIpc) is 2.45. The molecular formula is C18H20N2O2S. The Morgan fingerprint density at radius 3 is 2.17 bits per heavy atom. The summed E-state index contributed by atoms with van der Waals surface area (Å²) in [5, 5.41) is 9.30. The molecule has 2 aromatic rings. The first-order valence-corrected chi connectivity index (χ1v) is 8.85. The van der Waals surface area contributed by atoms with Crippen LogP contribution in [0.1, 0.15) is 22.3 Å². The Hall–Kier alpha value is -2.16. The molecule has 4 nitrogen and oxygen atoms in total. The summed E-state index contributed by atoms with van der Waals surface area (Å²) in [6.07, 6.45) is 0.334. The first-order chi connectivity index (χ1) is 10.8. The van der Waals surface area contributed by atoms with E-state index < -0.39 is 16.1 Å². The van der Waals surface area contributed by atoms with E-state index in [0.717, 1.165) is 11.1 Å². The van der Waals surface area contributed by atoms with Crippen molar-refractivity contribution in [3.05, 3.63) is 64.7 Å². The van der Waals surface area contributed by atoms with Crippen molar-refractivity contribution < 1.29 is 8.42 Å². The Kier molecular flexibility index (Phi) is 5.19. The maximum absolute atomic E-state index is 12.7. The molecular weight excluding hydrogens is 308 g/mol. The highest BCUT2D eigenvalue weighted by atomic mass is 32.2. The minimum absolute atomic E-state index is 0.261. The molecule has 0 heterocycles. The molecule has 0 fully saturated rings. The van der Waals surface area contributed by atoms with Gasteiger partial charge in [-0.15, -0.1) is 0 Å². The molecule has 0 radical (unpaired) electrons. The van der Waals surface area contributed by atoms with Crippen LogP contribution in [0.3, 0.4) is 0 Å². The lowest BCUT2D eigenvalue weighted by Gasteiger charge is -2.16. The minimum atomic E-state index is -3.74. The lowest BCUT2D eigenvalue weighted by Crippen LogP contribution is -2.36. The average molecular weight is 328 g/mol. The summed E-state index contributed by atoms with van der Waals surface area (Å²) in [5.41, 5.74) is 3.30. The number of hydrogen-bond acceptors (Lipinski definition) is 3. The fraction of sp³-hybridized carbons (Fsp3) is 0.278. The van der Waals surface area contributed by atoms with Crippen molar-refractivity contribution in [3.63, 3.8) is 0 Å². The van der Waals surface area contributed by atoms with Crippen LogP contribution >= 0.6 is 0 Å². The zero-order valence-electron chi connectivity index (χ0n) is 13.5. The van der Waals surface area contributed by atoms with E-state index in [1.165, 1.54) is 0 Å². The maximum atomic E-state index is 12.7. The van der Waals surface area contributed by atoms with E-state index in [0.29, 0.717) is 17.5 Å². The van der Waals surface area contributed by atoms with Crippen molar-refractivity contribution in [1.82, 2.24) is 4.72 Å². The summed E-state index contributed by atoms with van der Waals surface area (Å²) in [5.74, 6) is 0. The fourth-order valence-electron chi connectivity index (χ4n) is 2.80. The Bertz CT molecular complexity index is 814. The third-order valence-corrected chi connectivity index (χ3v) is 5.39. The molecule has 0 saturated heterocycles. The second-order valence-corrected chi connectivity index (χ2v) is 7.37. The lowest BCUT2D eigenvalue weighted by molar-refractivity contribution is 0.570. The molecule has 1 unspecified atom stereocenters. The van der Waals surface area contributed by atoms with Crippen LogP contribution in [0, 0.1) is 32.1 Å². The predicted molar refractivity (Wildman–Crippen MR) is 90.5 cm³/mol. The van der Waals surface area contributed by atoms with Crippen molar-refractivity contribution in [2.24, 2.45) is 0 Å². The first kappa shape index (κ1) is 17.2.